The molecular formula is C28H26F2N8O3. The van der Waals surface area contributed by atoms with E-state index in [1.165, 1.54) is 22.9 Å². The summed E-state index contributed by atoms with van der Waals surface area (Å²) in [6.45, 7) is 6.00. The number of nitrogens with one attached hydrogen (secondary N) is 2. The highest BCUT2D eigenvalue weighted by Gasteiger charge is 2.22. The molecule has 1 aliphatic heterocycles. The molecule has 2 aromatic heterocycles. The summed E-state index contributed by atoms with van der Waals surface area (Å²) in [6.07, 6.45) is 2.31. The highest BCUT2D eigenvalue weighted by molar-refractivity contribution is 5.99. The van der Waals surface area contributed by atoms with Gasteiger partial charge in [0.25, 0.3) is 5.91 Å². The summed E-state index contributed by atoms with van der Waals surface area (Å²) in [7, 11) is 1.97. The number of anilines is 4. The first-order valence-corrected chi connectivity index (χ1v) is 12.6. The summed E-state index contributed by atoms with van der Waals surface area (Å²) >= 11 is 0. The molecule has 0 radical (unpaired) electrons. The first-order chi connectivity index (χ1) is 19.7. The van der Waals surface area contributed by atoms with E-state index in [1.807, 2.05) is 7.05 Å². The number of carbonyl (C=O) groups is 2. The molecule has 0 spiro atoms. The lowest BCUT2D eigenvalue weighted by atomic mass is 10.2. The Morgan fingerprint density at radius 3 is 2.54 bits per heavy atom. The Balaban J connectivity index is 1.57. The van der Waals surface area contributed by atoms with Gasteiger partial charge in [-0.1, -0.05) is 12.6 Å². The van der Waals surface area contributed by atoms with Crippen LogP contribution < -0.4 is 26.7 Å². The number of likely N-dealkylation sites (N-methyl/N-ethyl adjacent to an activating group) is 1. The maximum absolute atomic E-state index is 15.2. The first kappa shape index (κ1) is 27.4. The van der Waals surface area contributed by atoms with E-state index in [0.29, 0.717) is 24.5 Å². The van der Waals surface area contributed by atoms with E-state index in [2.05, 4.69) is 32.1 Å². The molecule has 1 fully saturated rings. The molecule has 11 nitrogen and oxygen atoms in total. The van der Waals surface area contributed by atoms with E-state index >= 15 is 8.78 Å². The van der Waals surface area contributed by atoms with Gasteiger partial charge in [0.05, 0.1) is 16.8 Å². The van der Waals surface area contributed by atoms with Crippen molar-refractivity contribution in [3.05, 3.63) is 88.9 Å². The quantitative estimate of drug-likeness (QED) is 0.294. The van der Waals surface area contributed by atoms with Crippen molar-refractivity contribution < 1.29 is 18.4 Å². The molecule has 0 aliphatic carbocycles. The molecule has 1 aliphatic rings. The molecule has 2 aromatic carbocycles. The lowest BCUT2D eigenvalue weighted by Gasteiger charge is -2.34. The second kappa shape index (κ2) is 11.1. The molecule has 13 heteroatoms. The summed E-state index contributed by atoms with van der Waals surface area (Å²) < 4.78 is 31.6. The normalized spacial score (nSPS) is 13.7. The number of piperazine rings is 1. The maximum Gasteiger partial charge on any atom is 0.265 e. The minimum atomic E-state index is -1.11. The molecule has 5 rings (SSSR count). The summed E-state index contributed by atoms with van der Waals surface area (Å²) in [5, 5.41) is 5.33. The average molecular weight is 561 g/mol. The second-order valence-electron chi connectivity index (χ2n) is 9.44. The van der Waals surface area contributed by atoms with Crippen LogP contribution in [0.1, 0.15) is 10.5 Å². The Kier molecular flexibility index (Phi) is 7.44. The highest BCUT2D eigenvalue weighted by Crippen LogP contribution is 2.29. The zero-order valence-corrected chi connectivity index (χ0v) is 22.0. The molecule has 0 atom stereocenters. The topological polar surface area (TPSA) is 138 Å². The highest BCUT2D eigenvalue weighted by atomic mass is 19.2. The Morgan fingerprint density at radius 1 is 1.07 bits per heavy atom. The standard InChI is InChI=1S/C28H26F2N8O3/c1-3-23(40)33-16-5-4-6-17(13-16)38-21(26(31)41)14-22(39)18-15-32-28(35-27(18)38)34-19-7-8-20(25(30)24(19)29)37-11-9-36(2)10-12-37/h3-8,13-15H,1,9-12H2,2H3,(H2,31,41)(H,33,40)(H,32,34,35). The lowest BCUT2D eigenvalue weighted by molar-refractivity contribution is -0.111. The molecule has 2 amide bonds. The van der Waals surface area contributed by atoms with Gasteiger partial charge in [-0.05, 0) is 43.5 Å². The second-order valence-corrected chi connectivity index (χ2v) is 9.44. The molecular weight excluding hydrogens is 534 g/mol. The number of carbonyl (C=O) groups excluding carboxylic acids is 2. The van der Waals surface area contributed by atoms with Gasteiger partial charge in [0.1, 0.15) is 5.69 Å². The zero-order valence-electron chi connectivity index (χ0n) is 22.0. The number of primary amides is 1. The monoisotopic (exact) mass is 560 g/mol. The third-order valence-electron chi connectivity index (χ3n) is 6.72. The number of aromatic nitrogens is 3. The van der Waals surface area contributed by atoms with Gasteiger partial charge in [0.2, 0.25) is 11.9 Å². The Morgan fingerprint density at radius 2 is 1.83 bits per heavy atom. The third-order valence-corrected chi connectivity index (χ3v) is 6.72. The van der Waals surface area contributed by atoms with Gasteiger partial charge in [0.15, 0.2) is 22.7 Å². The van der Waals surface area contributed by atoms with E-state index in [4.69, 9.17) is 5.73 Å². The van der Waals surface area contributed by atoms with Crippen molar-refractivity contribution in [1.82, 2.24) is 19.4 Å². The minimum Gasteiger partial charge on any atom is -0.367 e. The number of fused-ring (bicyclic) bond motifs is 1. The van der Waals surface area contributed by atoms with Gasteiger partial charge in [-0.25, -0.2) is 13.8 Å². The van der Waals surface area contributed by atoms with Crippen molar-refractivity contribution in [3.63, 3.8) is 0 Å². The van der Waals surface area contributed by atoms with Gasteiger partial charge in [-0.2, -0.15) is 4.98 Å². The first-order valence-electron chi connectivity index (χ1n) is 12.6. The lowest BCUT2D eigenvalue weighted by Crippen LogP contribution is -2.44. The number of benzene rings is 2. The fraction of sp³-hybridized carbons (Fsp3) is 0.179. The van der Waals surface area contributed by atoms with Crippen LogP contribution in [0.4, 0.5) is 31.8 Å². The van der Waals surface area contributed by atoms with Crippen molar-refractivity contribution in [2.45, 2.75) is 0 Å². The van der Waals surface area contributed by atoms with E-state index in [0.717, 1.165) is 25.2 Å². The van der Waals surface area contributed by atoms with Gasteiger partial charge in [0, 0.05) is 49.8 Å². The van der Waals surface area contributed by atoms with Crippen molar-refractivity contribution >= 4 is 45.9 Å². The van der Waals surface area contributed by atoms with Gasteiger partial charge >= 0.3 is 0 Å². The molecule has 3 heterocycles. The largest absolute Gasteiger partial charge is 0.367 e. The van der Waals surface area contributed by atoms with Crippen LogP contribution in [-0.4, -0.2) is 64.5 Å². The van der Waals surface area contributed by atoms with Crippen LogP contribution >= 0.6 is 0 Å². The van der Waals surface area contributed by atoms with Crippen molar-refractivity contribution in [3.8, 4) is 5.69 Å². The number of hydrogen-bond acceptors (Lipinski definition) is 8. The SMILES string of the molecule is C=CC(=O)Nc1cccc(-n2c(C(N)=O)cc(=O)c3cnc(Nc4ccc(N5CCN(C)CC5)c(F)c4F)nc32)c1. The molecule has 0 saturated carbocycles. The predicted octanol–water partition coefficient (Wildman–Crippen LogP) is 2.78. The van der Waals surface area contributed by atoms with Crippen LogP contribution in [0.3, 0.4) is 0 Å². The Bertz CT molecular complexity index is 1750. The molecule has 1 saturated heterocycles. The number of hydrogen-bond donors (Lipinski definition) is 3. The molecule has 4 aromatic rings. The predicted molar refractivity (Wildman–Crippen MR) is 152 cm³/mol. The van der Waals surface area contributed by atoms with E-state index in [1.54, 1.807) is 29.2 Å². The van der Waals surface area contributed by atoms with Crippen molar-refractivity contribution in [2.24, 2.45) is 5.73 Å². The van der Waals surface area contributed by atoms with Crippen LogP contribution in [-0.2, 0) is 4.79 Å². The van der Waals surface area contributed by atoms with Crippen LogP contribution in [0.25, 0.3) is 16.7 Å². The average Bonchev–Trinajstić information content (AvgIpc) is 2.96. The summed E-state index contributed by atoms with van der Waals surface area (Å²) in [6, 6.07) is 10.3. The number of nitrogens with zero attached hydrogens (tertiary/aromatic N) is 5. The number of rotatable bonds is 7. The summed E-state index contributed by atoms with van der Waals surface area (Å²) in [5.41, 5.74) is 5.47. The van der Waals surface area contributed by atoms with E-state index < -0.39 is 28.9 Å². The van der Waals surface area contributed by atoms with Gasteiger partial charge in [-0.15, -0.1) is 0 Å². The molecule has 0 bridgehead atoms. The summed E-state index contributed by atoms with van der Waals surface area (Å²) in [4.78, 5) is 49.4. The number of amides is 2. The smallest absolute Gasteiger partial charge is 0.265 e. The van der Waals surface area contributed by atoms with Crippen molar-refractivity contribution in [1.29, 1.82) is 0 Å². The van der Waals surface area contributed by atoms with Crippen LogP contribution in [0.2, 0.25) is 0 Å². The van der Waals surface area contributed by atoms with E-state index in [-0.39, 0.29) is 34.1 Å². The maximum atomic E-state index is 15.2. The molecule has 210 valence electrons. The Labute approximate surface area is 232 Å². The van der Waals surface area contributed by atoms with Gasteiger partial charge in [-0.3, -0.25) is 19.0 Å². The fourth-order valence-electron chi connectivity index (χ4n) is 4.56. The zero-order chi connectivity index (χ0) is 29.3. The van der Waals surface area contributed by atoms with E-state index in [9.17, 15) is 14.4 Å². The van der Waals surface area contributed by atoms with Gasteiger partial charge < -0.3 is 26.2 Å². The number of halogens is 2. The number of pyridine rings is 1. The third kappa shape index (κ3) is 5.47. The number of nitrogens with two attached hydrogens (primary N) is 1. The van der Waals surface area contributed by atoms with Crippen LogP contribution in [0, 0.1) is 11.6 Å². The fourth-order valence-corrected chi connectivity index (χ4v) is 4.56. The van der Waals surface area contributed by atoms with Crippen LogP contribution in [0.5, 0.6) is 0 Å². The summed E-state index contributed by atoms with van der Waals surface area (Å²) in [5.74, 6) is -3.64. The van der Waals surface area contributed by atoms with Crippen LogP contribution in [0.15, 0.2) is 66.1 Å². The molecule has 4 N–H and O–H groups in total. The Hall–Kier alpha value is -5.17. The molecule has 0 unspecified atom stereocenters. The van der Waals surface area contributed by atoms with Crippen molar-refractivity contribution in [2.75, 3.05) is 48.8 Å². The molecule has 41 heavy (non-hydrogen) atoms. The minimum absolute atomic E-state index is 0.0223.